The van der Waals surface area contributed by atoms with Crippen molar-refractivity contribution in [3.63, 3.8) is 0 Å². The first-order valence-electron chi connectivity index (χ1n) is 12.0. The zero-order valence-electron chi connectivity index (χ0n) is 20.0. The lowest BCUT2D eigenvalue weighted by Crippen LogP contribution is -2.43. The molecule has 4 aromatic rings. The Bertz CT molecular complexity index is 1410. The van der Waals surface area contributed by atoms with Crippen LogP contribution in [0.3, 0.4) is 0 Å². The van der Waals surface area contributed by atoms with Crippen molar-refractivity contribution < 1.29 is 18.8 Å². The van der Waals surface area contributed by atoms with Crippen molar-refractivity contribution in [2.24, 2.45) is 0 Å². The summed E-state index contributed by atoms with van der Waals surface area (Å²) >= 11 is 0. The molecule has 182 valence electrons. The molecular formula is C29H27N3O4. The average Bonchev–Trinajstić information content (AvgIpc) is 3.52. The van der Waals surface area contributed by atoms with Crippen LogP contribution in [-0.4, -0.2) is 35.2 Å². The van der Waals surface area contributed by atoms with Crippen molar-refractivity contribution in [1.82, 2.24) is 4.90 Å². The molecule has 0 radical (unpaired) electrons. The molecule has 0 spiro atoms. The summed E-state index contributed by atoms with van der Waals surface area (Å²) in [6.45, 7) is 2.06. The summed E-state index contributed by atoms with van der Waals surface area (Å²) in [6.07, 6.45) is 1.75. The van der Waals surface area contributed by atoms with Gasteiger partial charge < -0.3 is 20.0 Å². The van der Waals surface area contributed by atoms with E-state index >= 15 is 0 Å². The Morgan fingerprint density at radius 2 is 1.67 bits per heavy atom. The molecule has 7 nitrogen and oxygen atoms in total. The predicted molar refractivity (Wildman–Crippen MR) is 139 cm³/mol. The quantitative estimate of drug-likeness (QED) is 0.394. The molecule has 3 aromatic carbocycles. The average molecular weight is 482 g/mol. The lowest BCUT2D eigenvalue weighted by atomic mass is 10.1. The number of benzene rings is 3. The van der Waals surface area contributed by atoms with E-state index in [1.165, 1.54) is 6.92 Å². The molecule has 0 unspecified atom stereocenters. The minimum absolute atomic E-state index is 0.0294. The largest absolute Gasteiger partial charge is 0.456 e. The predicted octanol–water partition coefficient (Wildman–Crippen LogP) is 5.23. The van der Waals surface area contributed by atoms with Gasteiger partial charge in [-0.15, -0.1) is 0 Å². The monoisotopic (exact) mass is 481 g/mol. The number of carbonyl (C=O) groups excluding carboxylic acids is 3. The molecule has 36 heavy (non-hydrogen) atoms. The molecule has 3 amide bonds. The van der Waals surface area contributed by atoms with Crippen LogP contribution in [0.25, 0.3) is 22.3 Å². The molecule has 1 aromatic heterocycles. The SMILES string of the molecule is CC(=O)Nc1ccc(-c2cc3cc(NC(=O)[C@@H]4CCCN4C(=O)Cc4ccccc4)ccc3o2)cc1. The fourth-order valence-corrected chi connectivity index (χ4v) is 4.62. The fourth-order valence-electron chi connectivity index (χ4n) is 4.62. The van der Waals surface area contributed by atoms with Crippen molar-refractivity contribution in [1.29, 1.82) is 0 Å². The normalized spacial score (nSPS) is 15.1. The zero-order valence-corrected chi connectivity index (χ0v) is 20.0. The number of anilines is 2. The maximum absolute atomic E-state index is 13.1. The first kappa shape index (κ1) is 23.4. The third kappa shape index (κ3) is 5.15. The summed E-state index contributed by atoms with van der Waals surface area (Å²) in [7, 11) is 0. The molecule has 2 heterocycles. The Hall–Kier alpha value is -4.39. The van der Waals surface area contributed by atoms with Crippen LogP contribution < -0.4 is 10.6 Å². The van der Waals surface area contributed by atoms with Crippen LogP contribution in [0.5, 0.6) is 0 Å². The Morgan fingerprint density at radius 3 is 2.42 bits per heavy atom. The van der Waals surface area contributed by atoms with Crippen LogP contribution in [0.1, 0.15) is 25.3 Å². The number of likely N-dealkylation sites (tertiary alicyclic amines) is 1. The number of nitrogens with one attached hydrogen (secondary N) is 2. The van der Waals surface area contributed by atoms with E-state index in [2.05, 4.69) is 10.6 Å². The lowest BCUT2D eigenvalue weighted by Gasteiger charge is -2.24. The highest BCUT2D eigenvalue weighted by atomic mass is 16.3. The number of hydrogen-bond acceptors (Lipinski definition) is 4. The third-order valence-electron chi connectivity index (χ3n) is 6.35. The first-order chi connectivity index (χ1) is 17.5. The van der Waals surface area contributed by atoms with Crippen molar-refractivity contribution in [2.75, 3.05) is 17.2 Å². The van der Waals surface area contributed by atoms with Crippen molar-refractivity contribution in [2.45, 2.75) is 32.2 Å². The summed E-state index contributed by atoms with van der Waals surface area (Å²) in [4.78, 5) is 38.9. The third-order valence-corrected chi connectivity index (χ3v) is 6.35. The van der Waals surface area contributed by atoms with E-state index in [4.69, 9.17) is 4.42 Å². The van der Waals surface area contributed by atoms with Gasteiger partial charge in [-0.1, -0.05) is 30.3 Å². The molecule has 5 rings (SSSR count). The van der Waals surface area contributed by atoms with E-state index in [0.29, 0.717) is 36.4 Å². The van der Waals surface area contributed by atoms with Crippen molar-refractivity contribution in [3.8, 4) is 11.3 Å². The topological polar surface area (TPSA) is 91.7 Å². The second-order valence-electron chi connectivity index (χ2n) is 9.02. The van der Waals surface area contributed by atoms with Crippen LogP contribution in [-0.2, 0) is 20.8 Å². The van der Waals surface area contributed by atoms with Gasteiger partial charge in [-0.05, 0) is 66.9 Å². The van der Waals surface area contributed by atoms with Gasteiger partial charge in [0.15, 0.2) is 0 Å². The molecule has 1 fully saturated rings. The Kier molecular flexibility index (Phi) is 6.54. The van der Waals surface area contributed by atoms with Gasteiger partial charge in [0.05, 0.1) is 6.42 Å². The molecule has 1 aliphatic rings. The number of fused-ring (bicyclic) bond motifs is 1. The number of furan rings is 1. The van der Waals surface area contributed by atoms with Gasteiger partial charge in [0.1, 0.15) is 17.4 Å². The first-order valence-corrected chi connectivity index (χ1v) is 12.0. The van der Waals surface area contributed by atoms with E-state index in [-0.39, 0.29) is 17.7 Å². The molecule has 1 saturated heterocycles. The number of hydrogen-bond donors (Lipinski definition) is 2. The van der Waals surface area contributed by atoms with Gasteiger partial charge in [0, 0.05) is 35.8 Å². The van der Waals surface area contributed by atoms with Gasteiger partial charge in [-0.3, -0.25) is 14.4 Å². The highest BCUT2D eigenvalue weighted by molar-refractivity contribution is 5.99. The van der Waals surface area contributed by atoms with Gasteiger partial charge in [-0.2, -0.15) is 0 Å². The second-order valence-corrected chi connectivity index (χ2v) is 9.02. The van der Waals surface area contributed by atoms with Gasteiger partial charge in [0.25, 0.3) is 0 Å². The highest BCUT2D eigenvalue weighted by Gasteiger charge is 2.34. The lowest BCUT2D eigenvalue weighted by molar-refractivity contribution is -0.136. The highest BCUT2D eigenvalue weighted by Crippen LogP contribution is 2.31. The molecule has 1 atom stereocenters. The summed E-state index contributed by atoms with van der Waals surface area (Å²) in [5, 5.41) is 6.59. The van der Waals surface area contributed by atoms with Crippen LogP contribution in [0.4, 0.5) is 11.4 Å². The Balaban J connectivity index is 1.27. The molecule has 7 heteroatoms. The standard InChI is InChI=1S/C29H27N3O4/c1-19(33)30-23-11-9-21(10-12-23)27-18-22-17-24(13-14-26(22)36-27)31-29(35)25-8-5-15-32(25)28(34)16-20-6-3-2-4-7-20/h2-4,6-7,9-14,17-18,25H,5,8,15-16H2,1H3,(H,30,33)(H,31,35)/t25-/m0/s1. The molecular weight excluding hydrogens is 454 g/mol. The number of rotatable bonds is 6. The van der Waals surface area contributed by atoms with Crippen molar-refractivity contribution in [3.05, 3.63) is 84.4 Å². The molecule has 1 aliphatic heterocycles. The number of amides is 3. The molecule has 0 bridgehead atoms. The van der Waals surface area contributed by atoms with Crippen molar-refractivity contribution >= 4 is 40.1 Å². The summed E-state index contributed by atoms with van der Waals surface area (Å²) in [5.41, 5.74) is 3.90. The smallest absolute Gasteiger partial charge is 0.247 e. The second kappa shape index (κ2) is 10.1. The maximum atomic E-state index is 13.1. The summed E-state index contributed by atoms with van der Waals surface area (Å²) < 4.78 is 5.99. The van der Waals surface area contributed by atoms with E-state index in [9.17, 15) is 14.4 Å². The maximum Gasteiger partial charge on any atom is 0.247 e. The zero-order chi connectivity index (χ0) is 25.1. The van der Waals surface area contributed by atoms with Crippen LogP contribution in [0.15, 0.2) is 83.3 Å². The van der Waals surface area contributed by atoms with Crippen LogP contribution >= 0.6 is 0 Å². The molecule has 0 aliphatic carbocycles. The fraction of sp³-hybridized carbons (Fsp3) is 0.207. The minimum Gasteiger partial charge on any atom is -0.456 e. The molecule has 2 N–H and O–H groups in total. The van der Waals surface area contributed by atoms with Gasteiger partial charge >= 0.3 is 0 Å². The number of nitrogens with zero attached hydrogens (tertiary/aromatic N) is 1. The van der Waals surface area contributed by atoms with E-state index in [1.807, 2.05) is 72.8 Å². The minimum atomic E-state index is -0.473. The van der Waals surface area contributed by atoms with Crippen LogP contribution in [0.2, 0.25) is 0 Å². The van der Waals surface area contributed by atoms with E-state index in [1.54, 1.807) is 11.0 Å². The Labute approximate surface area is 209 Å². The summed E-state index contributed by atoms with van der Waals surface area (Å²) in [5.74, 6) is 0.363. The van der Waals surface area contributed by atoms with Crippen LogP contribution in [0, 0.1) is 0 Å². The Morgan fingerprint density at radius 1 is 0.917 bits per heavy atom. The van der Waals surface area contributed by atoms with Gasteiger partial charge in [-0.25, -0.2) is 0 Å². The van der Waals surface area contributed by atoms with Gasteiger partial charge in [0.2, 0.25) is 17.7 Å². The van der Waals surface area contributed by atoms with E-state index < -0.39 is 6.04 Å². The summed E-state index contributed by atoms with van der Waals surface area (Å²) in [6, 6.07) is 24.0. The number of carbonyl (C=O) groups is 3. The molecule has 0 saturated carbocycles. The van der Waals surface area contributed by atoms with E-state index in [0.717, 1.165) is 28.6 Å².